The van der Waals surface area contributed by atoms with Crippen LogP contribution in [0.2, 0.25) is 0 Å². The minimum Gasteiger partial charge on any atom is -0.316 e. The van der Waals surface area contributed by atoms with E-state index in [-0.39, 0.29) is 35.4 Å². The smallest absolute Gasteiger partial charge is 0.163 e. The van der Waals surface area contributed by atoms with Gasteiger partial charge in [0.25, 0.3) is 0 Å². The van der Waals surface area contributed by atoms with Gasteiger partial charge in [0.1, 0.15) is 5.82 Å². The molecule has 1 aliphatic rings. The molecule has 1 saturated heterocycles. The number of benzene rings is 3. The van der Waals surface area contributed by atoms with Crippen LogP contribution in [0.15, 0.2) is 91.4 Å². The first-order valence-electron chi connectivity index (χ1n) is 12.1. The van der Waals surface area contributed by atoms with E-state index in [9.17, 15) is 17.6 Å². The highest BCUT2D eigenvalue weighted by Gasteiger charge is 2.29. The molecule has 1 atom stereocenters. The number of carbonyl (C=O) groups excluding carboxylic acids is 1. The van der Waals surface area contributed by atoms with E-state index >= 15 is 0 Å². The molecule has 8 heteroatoms. The molecular formula is C29H24FN3O3S. The third-order valence-corrected chi connectivity index (χ3v) is 8.80. The summed E-state index contributed by atoms with van der Waals surface area (Å²) >= 11 is 0. The maximum absolute atomic E-state index is 13.7. The Labute approximate surface area is 213 Å². The maximum atomic E-state index is 13.7. The molecular weight excluding hydrogens is 489 g/mol. The standard InChI is InChI=1S/C29H24FN3O3S/c30-23-6-8-24(9-7-23)32-18-27(21-3-1-4-25(16-21)33-13-2-12-31-33)26-10-5-22(17-28(26)32)29(34)15-20-11-14-37(35,36)19-20/h1-10,12-13,16-18,20H,11,14-15,19H2. The normalized spacial score (nSPS) is 16.8. The van der Waals surface area contributed by atoms with Gasteiger partial charge >= 0.3 is 0 Å². The number of halogens is 1. The van der Waals surface area contributed by atoms with Crippen LogP contribution in [0.25, 0.3) is 33.4 Å². The van der Waals surface area contributed by atoms with E-state index in [4.69, 9.17) is 0 Å². The Morgan fingerprint density at radius 1 is 1.00 bits per heavy atom. The number of ketones is 1. The molecule has 1 unspecified atom stereocenters. The summed E-state index contributed by atoms with van der Waals surface area (Å²) in [7, 11) is -3.04. The lowest BCUT2D eigenvalue weighted by atomic mass is 9.96. The van der Waals surface area contributed by atoms with Crippen molar-refractivity contribution in [1.29, 1.82) is 0 Å². The van der Waals surface area contributed by atoms with Crippen LogP contribution in [0.5, 0.6) is 0 Å². The number of hydrogen-bond acceptors (Lipinski definition) is 4. The lowest BCUT2D eigenvalue weighted by Crippen LogP contribution is -2.10. The predicted molar refractivity (Wildman–Crippen MR) is 141 cm³/mol. The molecule has 2 aromatic heterocycles. The van der Waals surface area contributed by atoms with Crippen molar-refractivity contribution in [2.75, 3.05) is 11.5 Å². The van der Waals surface area contributed by atoms with Crippen molar-refractivity contribution in [1.82, 2.24) is 14.3 Å². The van der Waals surface area contributed by atoms with Gasteiger partial charge < -0.3 is 4.57 Å². The highest BCUT2D eigenvalue weighted by Crippen LogP contribution is 2.35. The first kappa shape index (κ1) is 23.4. The van der Waals surface area contributed by atoms with E-state index in [1.165, 1.54) is 12.1 Å². The first-order chi connectivity index (χ1) is 17.9. The fourth-order valence-corrected chi connectivity index (χ4v) is 6.96. The van der Waals surface area contributed by atoms with Gasteiger partial charge in [-0.15, -0.1) is 0 Å². The number of carbonyl (C=O) groups is 1. The molecule has 0 spiro atoms. The van der Waals surface area contributed by atoms with Gasteiger partial charge in [0, 0.05) is 47.2 Å². The third-order valence-electron chi connectivity index (χ3n) is 6.96. The highest BCUT2D eigenvalue weighted by molar-refractivity contribution is 7.91. The van der Waals surface area contributed by atoms with Gasteiger partial charge in [0.2, 0.25) is 0 Å². The molecule has 6 rings (SSSR count). The van der Waals surface area contributed by atoms with E-state index < -0.39 is 9.84 Å². The Kier molecular flexibility index (Phi) is 5.76. The van der Waals surface area contributed by atoms with Crippen molar-refractivity contribution in [3.05, 3.63) is 103 Å². The fraction of sp³-hybridized carbons (Fsp3) is 0.172. The van der Waals surface area contributed by atoms with E-state index in [1.807, 2.05) is 59.4 Å². The summed E-state index contributed by atoms with van der Waals surface area (Å²) in [5.74, 6) is -0.312. The summed E-state index contributed by atoms with van der Waals surface area (Å²) in [6.07, 6.45) is 6.35. The molecule has 1 aliphatic heterocycles. The van der Waals surface area contributed by atoms with Crippen LogP contribution in [0.4, 0.5) is 4.39 Å². The molecule has 3 aromatic carbocycles. The molecule has 0 bridgehead atoms. The Balaban J connectivity index is 1.44. The second kappa shape index (κ2) is 9.12. The van der Waals surface area contributed by atoms with Crippen molar-refractivity contribution in [2.24, 2.45) is 5.92 Å². The van der Waals surface area contributed by atoms with E-state index in [0.717, 1.165) is 33.4 Å². The van der Waals surface area contributed by atoms with Gasteiger partial charge in [0.05, 0.1) is 22.7 Å². The van der Waals surface area contributed by atoms with Crippen LogP contribution < -0.4 is 0 Å². The molecule has 3 heterocycles. The van der Waals surface area contributed by atoms with E-state index in [0.29, 0.717) is 12.0 Å². The van der Waals surface area contributed by atoms with Crippen molar-refractivity contribution >= 4 is 26.5 Å². The first-order valence-corrected chi connectivity index (χ1v) is 13.9. The molecule has 0 radical (unpaired) electrons. The zero-order valence-corrected chi connectivity index (χ0v) is 20.7. The fourth-order valence-electron chi connectivity index (χ4n) is 5.10. The maximum Gasteiger partial charge on any atom is 0.163 e. The minimum absolute atomic E-state index is 0.0712. The average Bonchev–Trinajstić information content (AvgIpc) is 3.63. The number of aromatic nitrogens is 3. The van der Waals surface area contributed by atoms with E-state index in [1.54, 1.807) is 23.0 Å². The predicted octanol–water partition coefficient (Wildman–Crippen LogP) is 5.63. The largest absolute Gasteiger partial charge is 0.316 e. The molecule has 1 fully saturated rings. The molecule has 5 aromatic rings. The zero-order valence-electron chi connectivity index (χ0n) is 19.9. The second-order valence-electron chi connectivity index (χ2n) is 9.52. The monoisotopic (exact) mass is 513 g/mol. The lowest BCUT2D eigenvalue weighted by molar-refractivity contribution is 0.0966. The summed E-state index contributed by atoms with van der Waals surface area (Å²) in [6.45, 7) is 0. The highest BCUT2D eigenvalue weighted by atomic mass is 32.2. The van der Waals surface area contributed by atoms with E-state index in [2.05, 4.69) is 11.2 Å². The summed E-state index contributed by atoms with van der Waals surface area (Å²) in [5, 5.41) is 5.27. The second-order valence-corrected chi connectivity index (χ2v) is 11.7. The number of rotatable bonds is 6. The van der Waals surface area contributed by atoms with Crippen LogP contribution in [0.3, 0.4) is 0 Å². The van der Waals surface area contributed by atoms with Gasteiger partial charge in [-0.1, -0.05) is 24.3 Å². The summed E-state index contributed by atoms with van der Waals surface area (Å²) in [6, 6.07) is 21.7. The van der Waals surface area contributed by atoms with Crippen LogP contribution >= 0.6 is 0 Å². The average molecular weight is 514 g/mol. The Morgan fingerprint density at radius 3 is 2.57 bits per heavy atom. The van der Waals surface area contributed by atoms with Crippen molar-refractivity contribution in [3.63, 3.8) is 0 Å². The quantitative estimate of drug-likeness (QED) is 0.276. The van der Waals surface area contributed by atoms with Gasteiger partial charge in [-0.2, -0.15) is 5.10 Å². The van der Waals surface area contributed by atoms with Crippen LogP contribution in [0.1, 0.15) is 23.2 Å². The minimum atomic E-state index is -3.04. The zero-order chi connectivity index (χ0) is 25.6. The van der Waals surface area contributed by atoms with Crippen molar-refractivity contribution in [3.8, 4) is 22.5 Å². The number of nitrogens with zero attached hydrogens (tertiary/aromatic N) is 3. The Bertz CT molecular complexity index is 1720. The summed E-state index contributed by atoms with van der Waals surface area (Å²) < 4.78 is 41.1. The van der Waals surface area contributed by atoms with Crippen LogP contribution in [0, 0.1) is 11.7 Å². The van der Waals surface area contributed by atoms with Gasteiger partial charge in [0.15, 0.2) is 15.6 Å². The molecule has 0 saturated carbocycles. The van der Waals surface area contributed by atoms with Gasteiger partial charge in [-0.3, -0.25) is 4.79 Å². The molecule has 186 valence electrons. The number of fused-ring (bicyclic) bond motifs is 1. The molecule has 0 aliphatic carbocycles. The Hall–Kier alpha value is -4.04. The number of Topliss-reactive ketones (excluding diaryl/α,β-unsaturated/α-hetero) is 1. The van der Waals surface area contributed by atoms with Crippen LogP contribution in [-0.4, -0.2) is 40.1 Å². The lowest BCUT2D eigenvalue weighted by Gasteiger charge is -2.09. The molecule has 6 nitrogen and oxygen atoms in total. The molecule has 0 N–H and O–H groups in total. The number of hydrogen-bond donors (Lipinski definition) is 0. The van der Waals surface area contributed by atoms with Crippen molar-refractivity contribution < 1.29 is 17.6 Å². The topological polar surface area (TPSA) is 74.0 Å². The summed E-state index contributed by atoms with van der Waals surface area (Å²) in [5.41, 5.74) is 4.99. The molecule has 37 heavy (non-hydrogen) atoms. The summed E-state index contributed by atoms with van der Waals surface area (Å²) in [4.78, 5) is 13.1. The molecule has 0 amide bonds. The van der Waals surface area contributed by atoms with Crippen molar-refractivity contribution in [2.45, 2.75) is 12.8 Å². The van der Waals surface area contributed by atoms with Crippen LogP contribution in [-0.2, 0) is 9.84 Å². The van der Waals surface area contributed by atoms with Gasteiger partial charge in [-0.25, -0.2) is 17.5 Å². The number of sulfone groups is 1. The SMILES string of the molecule is O=C(CC1CCS(=O)(=O)C1)c1ccc2c(-c3cccc(-n4cccn4)c3)cn(-c3ccc(F)cc3)c2c1. The third kappa shape index (κ3) is 4.60. The van der Waals surface area contributed by atoms with Gasteiger partial charge in [-0.05, 0) is 66.4 Å². The Morgan fingerprint density at radius 2 is 1.84 bits per heavy atom.